The van der Waals surface area contributed by atoms with Crippen molar-refractivity contribution in [2.75, 3.05) is 0 Å². The van der Waals surface area contributed by atoms with Crippen molar-refractivity contribution in [3.05, 3.63) is 89.0 Å². The van der Waals surface area contributed by atoms with E-state index in [9.17, 15) is 32.7 Å². The topological polar surface area (TPSA) is 119 Å². The quantitative estimate of drug-likeness (QED) is 0.257. The summed E-state index contributed by atoms with van der Waals surface area (Å²) >= 11 is 0. The predicted octanol–water partition coefficient (Wildman–Crippen LogP) is 2.61. The van der Waals surface area contributed by atoms with Crippen molar-refractivity contribution in [1.29, 1.82) is 0 Å². The number of carbonyl (C=O) groups excluding carboxylic acids is 3. The zero-order valence-electron chi connectivity index (χ0n) is 19.1. The number of carbonyl (C=O) groups is 4. The molecule has 0 radical (unpaired) electrons. The molecule has 0 spiro atoms. The number of para-hydroxylation sites is 1. The van der Waals surface area contributed by atoms with Crippen molar-refractivity contribution in [1.82, 2.24) is 4.90 Å². The number of hydrogen-bond acceptors (Lipinski definition) is 5. The lowest BCUT2D eigenvalue weighted by Gasteiger charge is -2.14. The van der Waals surface area contributed by atoms with Gasteiger partial charge in [0.2, 0.25) is 11.0 Å². The molecule has 1 aliphatic heterocycles. The summed E-state index contributed by atoms with van der Waals surface area (Å²) in [6.07, 6.45) is -5.19. The lowest BCUT2D eigenvalue weighted by atomic mass is 10.0. The monoisotopic (exact) mass is 510 g/mol. The number of carboxylic acids is 2. The Labute approximate surface area is 206 Å². The summed E-state index contributed by atoms with van der Waals surface area (Å²) in [7, 11) is 1.88. The number of pyridine rings is 1. The number of amides is 2. The van der Waals surface area contributed by atoms with Crippen LogP contribution in [0.25, 0.3) is 21.8 Å². The number of benzene rings is 3. The highest BCUT2D eigenvalue weighted by Crippen LogP contribution is 2.28. The molecule has 1 aliphatic rings. The van der Waals surface area contributed by atoms with Crippen LogP contribution in [0.5, 0.6) is 0 Å². The molecule has 5 rings (SSSR count). The standard InChI is InChI=1S/C24H16N2O4.C2HF3O2/c1-25-19-9-5-4-8-17(19)21(24(29)30)18-11-10-14(12-20(18)25)13-26-22(27)15-6-2-3-7-16(15)23(26)28;3-2(4,5)1(6)7/h2-12H,13H2,1H3;(H,6,7). The molecule has 0 atom stereocenters. The number of hydrogen-bond donors (Lipinski definition) is 1. The molecule has 2 heterocycles. The van der Waals surface area contributed by atoms with E-state index in [1.807, 2.05) is 35.9 Å². The fraction of sp³-hybridized carbons (Fsp3) is 0.115. The minimum absolute atomic E-state index is 0.123. The highest BCUT2D eigenvalue weighted by molar-refractivity contribution is 6.21. The molecule has 0 unspecified atom stereocenters. The molecule has 188 valence electrons. The van der Waals surface area contributed by atoms with Crippen molar-refractivity contribution >= 4 is 45.6 Å². The Morgan fingerprint density at radius 2 is 1.41 bits per heavy atom. The number of nitrogens with zero attached hydrogens (tertiary/aromatic N) is 2. The smallest absolute Gasteiger partial charge is 0.430 e. The molecular weight excluding hydrogens is 493 g/mol. The molecule has 4 aromatic rings. The van der Waals surface area contributed by atoms with Crippen LogP contribution < -0.4 is 9.67 Å². The van der Waals surface area contributed by atoms with Gasteiger partial charge >= 0.3 is 12.1 Å². The van der Waals surface area contributed by atoms with Gasteiger partial charge in [0.05, 0.1) is 34.0 Å². The summed E-state index contributed by atoms with van der Waals surface area (Å²) in [6, 6.07) is 19.5. The predicted molar refractivity (Wildman–Crippen MR) is 121 cm³/mol. The van der Waals surface area contributed by atoms with Gasteiger partial charge in [-0.1, -0.05) is 30.3 Å². The van der Waals surface area contributed by atoms with Crippen molar-refractivity contribution in [3.8, 4) is 0 Å². The highest BCUT2D eigenvalue weighted by atomic mass is 19.4. The third-order valence-electron chi connectivity index (χ3n) is 5.89. The van der Waals surface area contributed by atoms with Gasteiger partial charge in [0.25, 0.3) is 11.8 Å². The molecule has 1 aromatic heterocycles. The van der Waals surface area contributed by atoms with Crippen molar-refractivity contribution < 1.29 is 47.1 Å². The van der Waals surface area contributed by atoms with E-state index >= 15 is 0 Å². The van der Waals surface area contributed by atoms with Crippen molar-refractivity contribution in [3.63, 3.8) is 0 Å². The van der Waals surface area contributed by atoms with Crippen LogP contribution in [0.2, 0.25) is 0 Å². The van der Waals surface area contributed by atoms with E-state index in [1.54, 1.807) is 42.5 Å². The van der Waals surface area contributed by atoms with Crippen LogP contribution in [-0.4, -0.2) is 39.9 Å². The first-order chi connectivity index (χ1) is 17.4. The van der Waals surface area contributed by atoms with E-state index in [1.165, 1.54) is 4.90 Å². The molecule has 0 bridgehead atoms. The van der Waals surface area contributed by atoms with E-state index in [0.717, 1.165) is 16.6 Å². The lowest BCUT2D eigenvalue weighted by molar-refractivity contribution is -0.617. The van der Waals surface area contributed by atoms with Gasteiger partial charge in [0.15, 0.2) is 0 Å². The Kier molecular flexibility index (Phi) is 6.39. The normalized spacial score (nSPS) is 12.9. The first-order valence-electron chi connectivity index (χ1n) is 10.7. The maximum atomic E-state index is 12.7. The number of imide groups is 1. The van der Waals surface area contributed by atoms with E-state index < -0.39 is 18.1 Å². The number of aromatic nitrogens is 1. The van der Waals surface area contributed by atoms with Crippen LogP contribution in [0.1, 0.15) is 36.6 Å². The second-order valence-corrected chi connectivity index (χ2v) is 8.14. The second-order valence-electron chi connectivity index (χ2n) is 8.14. The molecule has 0 fully saturated rings. The summed E-state index contributed by atoms with van der Waals surface area (Å²) in [6.45, 7) is 0.123. The molecule has 3 aromatic carbocycles. The molecular formula is C26H17F3N2O6. The van der Waals surface area contributed by atoms with Gasteiger partial charge < -0.3 is 15.0 Å². The van der Waals surface area contributed by atoms with E-state index in [-0.39, 0.29) is 23.9 Å². The van der Waals surface area contributed by atoms with E-state index in [0.29, 0.717) is 21.9 Å². The number of rotatable bonds is 3. The van der Waals surface area contributed by atoms with Gasteiger partial charge in [-0.2, -0.15) is 17.7 Å². The summed E-state index contributed by atoms with van der Waals surface area (Å²) < 4.78 is 33.5. The first kappa shape index (κ1) is 25.3. The van der Waals surface area contributed by atoms with Gasteiger partial charge in [0.1, 0.15) is 13.0 Å². The molecule has 8 nitrogen and oxygen atoms in total. The third kappa shape index (κ3) is 4.58. The summed E-state index contributed by atoms with van der Waals surface area (Å²) in [4.78, 5) is 47.4. The zero-order chi connectivity index (χ0) is 27.1. The molecule has 11 heteroatoms. The summed E-state index contributed by atoms with van der Waals surface area (Å²) in [5.41, 5.74) is 3.33. The van der Waals surface area contributed by atoms with Gasteiger partial charge in [-0.25, -0.2) is 4.79 Å². The second kappa shape index (κ2) is 9.34. The summed E-state index contributed by atoms with van der Waals surface area (Å²) in [5, 5.41) is 19.9. The lowest BCUT2D eigenvalue weighted by Crippen LogP contribution is -2.37. The van der Waals surface area contributed by atoms with Crippen LogP contribution >= 0.6 is 0 Å². The Balaban J connectivity index is 0.000000405. The number of aryl methyl sites for hydroxylation is 1. The Hall–Kier alpha value is -4.80. The van der Waals surface area contributed by atoms with E-state index in [4.69, 9.17) is 9.90 Å². The van der Waals surface area contributed by atoms with Crippen LogP contribution in [0, 0.1) is 0 Å². The fourth-order valence-corrected chi connectivity index (χ4v) is 4.21. The Morgan fingerprint density at radius 1 is 0.892 bits per heavy atom. The maximum absolute atomic E-state index is 12.7. The third-order valence-corrected chi connectivity index (χ3v) is 5.89. The van der Waals surface area contributed by atoms with Crippen molar-refractivity contribution in [2.45, 2.75) is 12.7 Å². The number of alkyl halides is 3. The first-order valence-corrected chi connectivity index (χ1v) is 10.7. The molecule has 0 aliphatic carbocycles. The molecule has 0 saturated heterocycles. The van der Waals surface area contributed by atoms with Gasteiger partial charge in [-0.3, -0.25) is 14.5 Å². The van der Waals surface area contributed by atoms with Crippen LogP contribution in [-0.2, 0) is 18.4 Å². The molecule has 37 heavy (non-hydrogen) atoms. The number of halogens is 3. The SMILES string of the molecule is C[n+]1c2ccccc2c(C(=O)O)c2ccc(CN3C(=O)c4ccccc4C3=O)cc21.O=C([O-])C(F)(F)F. The largest absolute Gasteiger partial charge is 0.542 e. The average molecular weight is 510 g/mol. The van der Waals surface area contributed by atoms with Crippen LogP contribution in [0.4, 0.5) is 13.2 Å². The van der Waals surface area contributed by atoms with Crippen LogP contribution in [0.15, 0.2) is 66.7 Å². The summed E-state index contributed by atoms with van der Waals surface area (Å²) in [5.74, 6) is -4.63. The molecule has 0 saturated carbocycles. The average Bonchev–Trinajstić information content (AvgIpc) is 3.09. The van der Waals surface area contributed by atoms with E-state index in [2.05, 4.69) is 0 Å². The fourth-order valence-electron chi connectivity index (χ4n) is 4.21. The van der Waals surface area contributed by atoms with Gasteiger partial charge in [-0.05, 0) is 29.8 Å². The molecule has 2 amide bonds. The minimum atomic E-state index is -5.19. The number of carboxylic acid groups (broad SMARTS) is 2. The zero-order valence-corrected chi connectivity index (χ0v) is 19.1. The number of aromatic carboxylic acids is 1. The van der Waals surface area contributed by atoms with Crippen molar-refractivity contribution in [2.24, 2.45) is 7.05 Å². The Morgan fingerprint density at radius 3 is 1.95 bits per heavy atom. The maximum Gasteiger partial charge on any atom is 0.430 e. The number of fused-ring (bicyclic) bond motifs is 3. The number of aliphatic carboxylic acids is 1. The minimum Gasteiger partial charge on any atom is -0.542 e. The Bertz CT molecular complexity index is 1580. The van der Waals surface area contributed by atoms with Gasteiger partial charge in [-0.15, -0.1) is 0 Å². The van der Waals surface area contributed by atoms with Crippen LogP contribution in [0.3, 0.4) is 0 Å². The van der Waals surface area contributed by atoms with Gasteiger partial charge in [0, 0.05) is 12.1 Å². The molecule has 1 N–H and O–H groups in total. The highest BCUT2D eigenvalue weighted by Gasteiger charge is 2.35.